The van der Waals surface area contributed by atoms with Gasteiger partial charge < -0.3 is 9.47 Å². The normalized spacial score (nSPS) is 25.0. The third kappa shape index (κ3) is 2.94. The number of fused-ring (bicyclic) bond motifs is 1. The van der Waals surface area contributed by atoms with Gasteiger partial charge in [0.2, 0.25) is 6.10 Å². The monoisotopic (exact) mass is 434 g/mol. The first-order valence-electron chi connectivity index (χ1n) is 5.89. The first kappa shape index (κ1) is 16.7. The predicted octanol–water partition coefficient (Wildman–Crippen LogP) is 3.99. The lowest BCUT2D eigenvalue weighted by Crippen LogP contribution is -2.55. The standard InChI is InChI=1S/C13H11ClF3IO3/c1-12(11(19)20-2)5-6-3-7(14)4-8(18)9(6)21-10(12)13(15,16)17/h3-4,10H,5H2,1-2H3. The third-order valence-corrected chi connectivity index (χ3v) is 4.43. The van der Waals surface area contributed by atoms with Crippen LogP contribution in [0.1, 0.15) is 12.5 Å². The summed E-state index contributed by atoms with van der Waals surface area (Å²) in [5.41, 5.74) is -1.39. The van der Waals surface area contributed by atoms with Gasteiger partial charge in [-0.3, -0.25) is 4.79 Å². The maximum Gasteiger partial charge on any atom is 0.426 e. The molecule has 0 bridgehead atoms. The molecule has 0 N–H and O–H groups in total. The number of benzene rings is 1. The third-order valence-electron chi connectivity index (χ3n) is 3.41. The lowest BCUT2D eigenvalue weighted by atomic mass is 9.76. The summed E-state index contributed by atoms with van der Waals surface area (Å²) in [5, 5.41) is 0.374. The van der Waals surface area contributed by atoms with Crippen LogP contribution in [0.2, 0.25) is 5.02 Å². The summed E-state index contributed by atoms with van der Waals surface area (Å²) in [7, 11) is 1.05. The van der Waals surface area contributed by atoms with E-state index in [9.17, 15) is 18.0 Å². The van der Waals surface area contributed by atoms with Crippen LogP contribution in [0.3, 0.4) is 0 Å². The largest absolute Gasteiger partial charge is 0.478 e. The van der Waals surface area contributed by atoms with Crippen molar-refractivity contribution in [2.75, 3.05) is 7.11 Å². The minimum atomic E-state index is -4.69. The van der Waals surface area contributed by atoms with Crippen molar-refractivity contribution in [3.8, 4) is 5.75 Å². The van der Waals surface area contributed by atoms with Gasteiger partial charge in [0.15, 0.2) is 0 Å². The molecular formula is C13H11ClF3IO3. The molecule has 116 valence electrons. The fourth-order valence-electron chi connectivity index (χ4n) is 2.45. The van der Waals surface area contributed by atoms with Crippen LogP contribution in [0.25, 0.3) is 0 Å². The Hall–Kier alpha value is -0.700. The van der Waals surface area contributed by atoms with Crippen molar-refractivity contribution in [3.63, 3.8) is 0 Å². The molecule has 0 spiro atoms. The van der Waals surface area contributed by atoms with E-state index in [2.05, 4.69) is 4.74 Å². The van der Waals surface area contributed by atoms with Gasteiger partial charge in [0.05, 0.1) is 10.7 Å². The van der Waals surface area contributed by atoms with E-state index < -0.39 is 23.7 Å². The smallest absolute Gasteiger partial charge is 0.426 e. The molecule has 0 fully saturated rings. The van der Waals surface area contributed by atoms with Crippen molar-refractivity contribution in [1.82, 2.24) is 0 Å². The van der Waals surface area contributed by atoms with Gasteiger partial charge in [-0.05, 0) is 53.6 Å². The molecule has 1 aliphatic rings. The van der Waals surface area contributed by atoms with Gasteiger partial charge in [0, 0.05) is 5.02 Å². The van der Waals surface area contributed by atoms with E-state index in [4.69, 9.17) is 16.3 Å². The van der Waals surface area contributed by atoms with E-state index in [1.807, 2.05) is 22.6 Å². The Morgan fingerprint density at radius 2 is 2.14 bits per heavy atom. The van der Waals surface area contributed by atoms with Crippen LogP contribution in [0.15, 0.2) is 12.1 Å². The minimum absolute atomic E-state index is 0.115. The molecule has 0 amide bonds. The first-order valence-corrected chi connectivity index (χ1v) is 7.35. The average Bonchev–Trinajstić information content (AvgIpc) is 2.35. The van der Waals surface area contributed by atoms with E-state index in [0.717, 1.165) is 7.11 Å². The number of hydrogen-bond donors (Lipinski definition) is 0. The van der Waals surface area contributed by atoms with Gasteiger partial charge in [-0.1, -0.05) is 11.6 Å². The molecule has 1 aromatic carbocycles. The number of ether oxygens (including phenoxy) is 2. The lowest BCUT2D eigenvalue weighted by Gasteiger charge is -2.40. The van der Waals surface area contributed by atoms with Crippen LogP contribution in [0.5, 0.6) is 5.75 Å². The van der Waals surface area contributed by atoms with Crippen molar-refractivity contribution >= 4 is 40.2 Å². The molecule has 0 radical (unpaired) electrons. The molecule has 8 heteroatoms. The maximum absolute atomic E-state index is 13.3. The van der Waals surface area contributed by atoms with Crippen LogP contribution in [0.4, 0.5) is 13.2 Å². The Kier molecular flexibility index (Phi) is 4.36. The summed E-state index contributed by atoms with van der Waals surface area (Å²) in [6.45, 7) is 1.19. The molecule has 2 rings (SSSR count). The van der Waals surface area contributed by atoms with Crippen LogP contribution >= 0.6 is 34.2 Å². The van der Waals surface area contributed by atoms with Crippen LogP contribution in [-0.2, 0) is 16.0 Å². The summed E-state index contributed by atoms with van der Waals surface area (Å²) in [5.74, 6) is -0.853. The number of alkyl halides is 3. The molecule has 0 aromatic heterocycles. The summed E-state index contributed by atoms with van der Waals surface area (Å²) in [4.78, 5) is 11.9. The molecule has 1 heterocycles. The second-order valence-electron chi connectivity index (χ2n) is 5.00. The van der Waals surface area contributed by atoms with Crippen molar-refractivity contribution < 1.29 is 27.4 Å². The fraction of sp³-hybridized carbons (Fsp3) is 0.462. The highest BCUT2D eigenvalue weighted by Gasteiger charge is 2.60. The molecule has 3 nitrogen and oxygen atoms in total. The number of methoxy groups -OCH3 is 1. The van der Waals surface area contributed by atoms with Crippen molar-refractivity contribution in [2.45, 2.75) is 25.6 Å². The molecule has 0 saturated heterocycles. The zero-order valence-corrected chi connectivity index (χ0v) is 14.0. The Balaban J connectivity index is 2.58. The second kappa shape index (κ2) is 5.49. The summed E-state index contributed by atoms with van der Waals surface area (Å²) >= 11 is 7.77. The lowest BCUT2D eigenvalue weighted by molar-refractivity contribution is -0.236. The molecule has 0 aliphatic carbocycles. The number of halogens is 5. The Bertz CT molecular complexity index is 591. The fourth-order valence-corrected chi connectivity index (χ4v) is 3.69. The van der Waals surface area contributed by atoms with Crippen molar-refractivity contribution in [3.05, 3.63) is 26.3 Å². The Morgan fingerprint density at radius 3 is 2.67 bits per heavy atom. The first-order chi connectivity index (χ1) is 9.59. The van der Waals surface area contributed by atoms with Crippen molar-refractivity contribution in [1.29, 1.82) is 0 Å². The zero-order valence-electron chi connectivity index (χ0n) is 11.1. The number of carbonyl (C=O) groups is 1. The Morgan fingerprint density at radius 1 is 1.52 bits per heavy atom. The summed E-state index contributed by atoms with van der Waals surface area (Å²) in [6.07, 6.45) is -7.11. The minimum Gasteiger partial charge on any atom is -0.478 e. The highest BCUT2D eigenvalue weighted by Crippen LogP contribution is 2.47. The van der Waals surface area contributed by atoms with Crippen molar-refractivity contribution in [2.24, 2.45) is 5.41 Å². The van der Waals surface area contributed by atoms with Gasteiger partial charge in [0.25, 0.3) is 0 Å². The number of hydrogen-bond acceptors (Lipinski definition) is 3. The molecule has 0 saturated carbocycles. The van der Waals surface area contributed by atoms with E-state index in [0.29, 0.717) is 14.2 Å². The Labute approximate surface area is 137 Å². The van der Waals surface area contributed by atoms with E-state index in [-0.39, 0.29) is 12.2 Å². The number of esters is 1. The van der Waals surface area contributed by atoms with Gasteiger partial charge in [-0.25, -0.2) is 0 Å². The topological polar surface area (TPSA) is 35.5 Å². The van der Waals surface area contributed by atoms with Crippen LogP contribution < -0.4 is 4.74 Å². The molecular weight excluding hydrogens is 423 g/mol. The van der Waals surface area contributed by atoms with Crippen LogP contribution in [0, 0.1) is 8.99 Å². The molecule has 21 heavy (non-hydrogen) atoms. The van der Waals surface area contributed by atoms with Gasteiger partial charge in [-0.2, -0.15) is 13.2 Å². The summed E-state index contributed by atoms with van der Waals surface area (Å²) in [6, 6.07) is 3.02. The highest BCUT2D eigenvalue weighted by atomic mass is 127. The highest BCUT2D eigenvalue weighted by molar-refractivity contribution is 14.1. The number of carbonyl (C=O) groups excluding carboxylic acids is 1. The van der Waals surface area contributed by atoms with E-state index >= 15 is 0 Å². The van der Waals surface area contributed by atoms with Gasteiger partial charge in [-0.15, -0.1) is 0 Å². The second-order valence-corrected chi connectivity index (χ2v) is 6.60. The SMILES string of the molecule is COC(=O)C1(C)Cc2cc(Cl)cc(I)c2OC1C(F)(F)F. The molecule has 1 aliphatic heterocycles. The molecule has 2 atom stereocenters. The summed E-state index contributed by atoms with van der Waals surface area (Å²) < 4.78 is 50.0. The van der Waals surface area contributed by atoms with Gasteiger partial charge >= 0.3 is 12.1 Å². The van der Waals surface area contributed by atoms with E-state index in [1.165, 1.54) is 19.1 Å². The average molecular weight is 435 g/mol. The molecule has 2 unspecified atom stereocenters. The van der Waals surface area contributed by atoms with E-state index in [1.54, 1.807) is 0 Å². The quantitative estimate of drug-likeness (QED) is 0.495. The maximum atomic E-state index is 13.3. The van der Waals surface area contributed by atoms with Gasteiger partial charge in [0.1, 0.15) is 11.2 Å². The predicted molar refractivity (Wildman–Crippen MR) is 78.5 cm³/mol. The zero-order chi connectivity index (χ0) is 16.0. The van der Waals surface area contributed by atoms with Crippen LogP contribution in [-0.4, -0.2) is 25.4 Å². The number of rotatable bonds is 1. The molecule has 1 aromatic rings.